The zero-order valence-electron chi connectivity index (χ0n) is 8.98. The first-order valence-electron chi connectivity index (χ1n) is 5.98. The molecule has 2 unspecified atom stereocenters. The Morgan fingerprint density at radius 1 is 1.40 bits per heavy atom. The van der Waals surface area contributed by atoms with Crippen LogP contribution in [0.4, 0.5) is 0 Å². The molecule has 2 heterocycles. The summed E-state index contributed by atoms with van der Waals surface area (Å²) in [7, 11) is 0. The van der Waals surface area contributed by atoms with Gasteiger partial charge < -0.3 is 0 Å². The predicted octanol–water partition coefficient (Wildman–Crippen LogP) is 1.93. The van der Waals surface area contributed by atoms with Crippen LogP contribution in [0, 0.1) is 5.92 Å². The molecule has 0 radical (unpaired) electrons. The van der Waals surface area contributed by atoms with E-state index in [4.69, 9.17) is 0 Å². The number of hydrogen-bond donors (Lipinski definition) is 0. The molecule has 1 aliphatic carbocycles. The number of hydrogen-bond acceptors (Lipinski definition) is 2. The number of nitrogens with zero attached hydrogens (tertiary/aromatic N) is 1. The molecule has 1 fully saturated rings. The largest absolute Gasteiger partial charge is 0.298 e. The Kier molecular flexibility index (Phi) is 2.24. The SMILES string of the molecule is O=CC1=CC2=CCCN3CCCC(C1)C23. The van der Waals surface area contributed by atoms with Gasteiger partial charge in [-0.05, 0) is 49.3 Å². The molecule has 0 aromatic heterocycles. The lowest BCUT2D eigenvalue weighted by atomic mass is 9.74. The monoisotopic (exact) mass is 203 g/mol. The van der Waals surface area contributed by atoms with Crippen molar-refractivity contribution in [2.75, 3.05) is 13.1 Å². The highest BCUT2D eigenvalue weighted by molar-refractivity contribution is 5.75. The van der Waals surface area contributed by atoms with Crippen LogP contribution in [-0.2, 0) is 4.79 Å². The number of allylic oxidation sites excluding steroid dienone is 1. The van der Waals surface area contributed by atoms with Crippen LogP contribution >= 0.6 is 0 Å². The molecular formula is C13H17NO. The van der Waals surface area contributed by atoms with E-state index in [1.165, 1.54) is 31.5 Å². The summed E-state index contributed by atoms with van der Waals surface area (Å²) in [4.78, 5) is 13.5. The van der Waals surface area contributed by atoms with Crippen LogP contribution in [0.3, 0.4) is 0 Å². The third-order valence-corrected chi connectivity index (χ3v) is 4.00. The van der Waals surface area contributed by atoms with Crippen LogP contribution in [0.15, 0.2) is 23.3 Å². The summed E-state index contributed by atoms with van der Waals surface area (Å²) in [5, 5.41) is 0. The molecule has 3 rings (SSSR count). The second-order valence-corrected chi connectivity index (χ2v) is 4.92. The van der Waals surface area contributed by atoms with Crippen molar-refractivity contribution in [3.05, 3.63) is 23.3 Å². The van der Waals surface area contributed by atoms with Crippen molar-refractivity contribution < 1.29 is 4.79 Å². The van der Waals surface area contributed by atoms with Gasteiger partial charge in [-0.2, -0.15) is 0 Å². The first-order chi connectivity index (χ1) is 7.38. The van der Waals surface area contributed by atoms with Gasteiger partial charge in [0, 0.05) is 12.6 Å². The van der Waals surface area contributed by atoms with Gasteiger partial charge in [0.25, 0.3) is 0 Å². The number of aldehydes is 1. The molecule has 0 amide bonds. The molecule has 80 valence electrons. The molecule has 2 atom stereocenters. The van der Waals surface area contributed by atoms with Gasteiger partial charge in [-0.15, -0.1) is 0 Å². The smallest absolute Gasteiger partial charge is 0.146 e. The third kappa shape index (κ3) is 1.48. The summed E-state index contributed by atoms with van der Waals surface area (Å²) < 4.78 is 0. The van der Waals surface area contributed by atoms with Crippen LogP contribution in [0.1, 0.15) is 25.7 Å². The first-order valence-corrected chi connectivity index (χ1v) is 5.98. The first kappa shape index (κ1) is 9.34. The molecule has 0 bridgehead atoms. The maximum absolute atomic E-state index is 10.9. The molecule has 0 spiro atoms. The Morgan fingerprint density at radius 2 is 2.33 bits per heavy atom. The number of rotatable bonds is 1. The topological polar surface area (TPSA) is 20.3 Å². The highest BCUT2D eigenvalue weighted by atomic mass is 16.1. The third-order valence-electron chi connectivity index (χ3n) is 4.00. The van der Waals surface area contributed by atoms with Crippen LogP contribution in [0.2, 0.25) is 0 Å². The molecular weight excluding hydrogens is 186 g/mol. The normalized spacial score (nSPS) is 35.2. The van der Waals surface area contributed by atoms with Gasteiger partial charge in [-0.1, -0.05) is 12.2 Å². The van der Waals surface area contributed by atoms with Gasteiger partial charge in [-0.25, -0.2) is 0 Å². The van der Waals surface area contributed by atoms with Gasteiger partial charge in [0.2, 0.25) is 0 Å². The minimum absolute atomic E-state index is 0.635. The highest BCUT2D eigenvalue weighted by Crippen LogP contribution is 2.39. The minimum Gasteiger partial charge on any atom is -0.298 e. The molecule has 0 aromatic rings. The van der Waals surface area contributed by atoms with E-state index in [-0.39, 0.29) is 0 Å². The van der Waals surface area contributed by atoms with Crippen molar-refractivity contribution in [3.8, 4) is 0 Å². The molecule has 0 saturated carbocycles. The average molecular weight is 203 g/mol. The summed E-state index contributed by atoms with van der Waals surface area (Å²) in [6.07, 6.45) is 10.3. The maximum Gasteiger partial charge on any atom is 0.146 e. The minimum atomic E-state index is 0.635. The van der Waals surface area contributed by atoms with Gasteiger partial charge in [0.15, 0.2) is 0 Å². The molecule has 0 aromatic carbocycles. The Hall–Kier alpha value is -0.890. The summed E-state index contributed by atoms with van der Waals surface area (Å²) in [6.45, 7) is 2.47. The Bertz CT molecular complexity index is 342. The molecule has 2 heteroatoms. The lowest BCUT2D eigenvalue weighted by Gasteiger charge is -2.46. The molecule has 1 saturated heterocycles. The summed E-state index contributed by atoms with van der Waals surface area (Å²) in [5.41, 5.74) is 2.42. The van der Waals surface area contributed by atoms with E-state index in [9.17, 15) is 4.79 Å². The molecule has 15 heavy (non-hydrogen) atoms. The van der Waals surface area contributed by atoms with E-state index >= 15 is 0 Å². The summed E-state index contributed by atoms with van der Waals surface area (Å²) in [5.74, 6) is 0.704. The van der Waals surface area contributed by atoms with Gasteiger partial charge >= 0.3 is 0 Å². The van der Waals surface area contributed by atoms with Crippen LogP contribution < -0.4 is 0 Å². The second-order valence-electron chi connectivity index (χ2n) is 4.92. The van der Waals surface area contributed by atoms with E-state index in [2.05, 4.69) is 17.1 Å². The van der Waals surface area contributed by atoms with Crippen LogP contribution in [-0.4, -0.2) is 30.3 Å². The number of carbonyl (C=O) groups excluding carboxylic acids is 1. The number of carbonyl (C=O) groups is 1. The standard InChI is InChI=1S/C13H17NO/c15-9-10-7-11-3-1-5-14-6-2-4-12(8-10)13(11)14/h3,7,9,12-13H,1-2,4-6,8H2. The van der Waals surface area contributed by atoms with Crippen molar-refractivity contribution in [3.63, 3.8) is 0 Å². The van der Waals surface area contributed by atoms with E-state index < -0.39 is 0 Å². The van der Waals surface area contributed by atoms with Crippen molar-refractivity contribution in [1.29, 1.82) is 0 Å². The van der Waals surface area contributed by atoms with Crippen molar-refractivity contribution in [2.45, 2.75) is 31.7 Å². The average Bonchev–Trinajstić information content (AvgIpc) is 2.29. The fourth-order valence-corrected chi connectivity index (χ4v) is 3.42. The van der Waals surface area contributed by atoms with Gasteiger partial charge in [0.05, 0.1) is 0 Å². The lowest BCUT2D eigenvalue weighted by Crippen LogP contribution is -2.49. The quantitative estimate of drug-likeness (QED) is 0.607. The zero-order chi connectivity index (χ0) is 10.3. The fraction of sp³-hybridized carbons (Fsp3) is 0.615. The van der Waals surface area contributed by atoms with E-state index in [0.29, 0.717) is 12.0 Å². The van der Waals surface area contributed by atoms with Crippen LogP contribution in [0.5, 0.6) is 0 Å². The van der Waals surface area contributed by atoms with Crippen molar-refractivity contribution in [2.24, 2.45) is 5.92 Å². The Labute approximate surface area is 90.6 Å². The second kappa shape index (κ2) is 3.60. The van der Waals surface area contributed by atoms with Crippen LogP contribution in [0.25, 0.3) is 0 Å². The Balaban J connectivity index is 1.99. The maximum atomic E-state index is 10.9. The Morgan fingerprint density at radius 3 is 3.20 bits per heavy atom. The molecule has 2 nitrogen and oxygen atoms in total. The summed E-state index contributed by atoms with van der Waals surface area (Å²) in [6, 6.07) is 0.635. The molecule has 3 aliphatic rings. The van der Waals surface area contributed by atoms with Crippen molar-refractivity contribution >= 4 is 6.29 Å². The lowest BCUT2D eigenvalue weighted by molar-refractivity contribution is -0.105. The zero-order valence-corrected chi connectivity index (χ0v) is 8.98. The van der Waals surface area contributed by atoms with E-state index in [0.717, 1.165) is 24.7 Å². The van der Waals surface area contributed by atoms with Gasteiger partial charge in [0.1, 0.15) is 6.29 Å². The number of piperidine rings is 1. The summed E-state index contributed by atoms with van der Waals surface area (Å²) >= 11 is 0. The van der Waals surface area contributed by atoms with E-state index in [1.54, 1.807) is 0 Å². The molecule has 2 aliphatic heterocycles. The predicted molar refractivity (Wildman–Crippen MR) is 59.5 cm³/mol. The highest BCUT2D eigenvalue weighted by Gasteiger charge is 2.37. The van der Waals surface area contributed by atoms with Crippen molar-refractivity contribution in [1.82, 2.24) is 4.90 Å². The fourth-order valence-electron chi connectivity index (χ4n) is 3.42. The molecule has 0 N–H and O–H groups in total. The van der Waals surface area contributed by atoms with Gasteiger partial charge in [-0.3, -0.25) is 9.69 Å². The van der Waals surface area contributed by atoms with E-state index in [1.807, 2.05) is 0 Å².